The van der Waals surface area contributed by atoms with Gasteiger partial charge >= 0.3 is 0 Å². The molecule has 2 rings (SSSR count). The van der Waals surface area contributed by atoms with Crippen molar-refractivity contribution in [3.63, 3.8) is 0 Å². The van der Waals surface area contributed by atoms with E-state index in [2.05, 4.69) is 10.6 Å². The van der Waals surface area contributed by atoms with Gasteiger partial charge in [0.1, 0.15) is 0 Å². The molecule has 9 heteroatoms. The molecule has 0 aliphatic carbocycles. The molecule has 106 valence electrons. The first kappa shape index (κ1) is 18.6. The molecule has 0 saturated heterocycles. The average Bonchev–Trinajstić information content (AvgIpc) is 2.55. The van der Waals surface area contributed by atoms with Crippen molar-refractivity contribution < 1.29 is 20.1 Å². The lowest BCUT2D eigenvalue weighted by Gasteiger charge is -1.93. The molecular formula is C12H12MgN4O4. The maximum atomic E-state index is 10.5. The molecule has 2 N–H and O–H groups in total. The van der Waals surface area contributed by atoms with E-state index in [1.807, 2.05) is 0 Å². The van der Waals surface area contributed by atoms with Crippen molar-refractivity contribution in [2.24, 2.45) is 10.6 Å². The summed E-state index contributed by atoms with van der Waals surface area (Å²) in [6.07, 6.45) is 0. The van der Waals surface area contributed by atoms with Crippen LogP contribution in [0.1, 0.15) is 0 Å². The molecule has 0 fully saturated rings. The van der Waals surface area contributed by atoms with Crippen LogP contribution in [0, 0.1) is 10.4 Å². The van der Waals surface area contributed by atoms with Crippen LogP contribution in [-0.4, -0.2) is 43.2 Å². The Morgan fingerprint density at radius 3 is 1.19 bits per heavy atom. The molecule has 0 amide bonds. The second-order valence-electron chi connectivity index (χ2n) is 3.40. The van der Waals surface area contributed by atoms with Crippen molar-refractivity contribution in [3.05, 3.63) is 71.1 Å². The quantitative estimate of drug-likeness (QED) is 0.383. The molecule has 0 aliphatic heterocycles. The van der Waals surface area contributed by atoms with Crippen LogP contribution in [0.4, 0.5) is 11.4 Å². The Bertz CT molecular complexity index is 525. The van der Waals surface area contributed by atoms with Crippen LogP contribution >= 0.6 is 0 Å². The van der Waals surface area contributed by atoms with Crippen LogP contribution in [-0.2, 0) is 0 Å². The van der Waals surface area contributed by atoms with E-state index < -0.39 is 0 Å². The summed E-state index contributed by atoms with van der Waals surface area (Å²) in [6.45, 7) is 0. The zero-order valence-corrected chi connectivity index (χ0v) is 12.4. The number of rotatable bonds is 2. The van der Waals surface area contributed by atoms with E-state index in [1.54, 1.807) is 60.7 Å². The zero-order valence-electron chi connectivity index (χ0n) is 11.0. The van der Waals surface area contributed by atoms with Crippen molar-refractivity contribution >= 4 is 34.4 Å². The topological polar surface area (TPSA) is 117 Å². The standard InChI is InChI=1S/2C6H6N2O2.Mg/c2*9-7-8(10)6-4-2-1-3-5-6;/h2*1-5,9H;/b2*8-7-;. The average molecular weight is 301 g/mol. The van der Waals surface area contributed by atoms with E-state index in [1.165, 1.54) is 0 Å². The molecule has 0 bridgehead atoms. The summed E-state index contributed by atoms with van der Waals surface area (Å²) in [5.74, 6) is 0. The van der Waals surface area contributed by atoms with Crippen LogP contribution in [0.3, 0.4) is 0 Å². The maximum absolute atomic E-state index is 10.5. The summed E-state index contributed by atoms with van der Waals surface area (Å²) in [4.78, 5) is 0.278. The fourth-order valence-corrected chi connectivity index (χ4v) is 1.21. The van der Waals surface area contributed by atoms with Gasteiger partial charge in [0.15, 0.2) is 0 Å². The Kier molecular flexibility index (Phi) is 9.21. The Labute approximate surface area is 136 Å². The van der Waals surface area contributed by atoms with Crippen LogP contribution in [0.2, 0.25) is 0 Å². The summed E-state index contributed by atoms with van der Waals surface area (Å²) in [6, 6.07) is 16.5. The van der Waals surface area contributed by atoms with E-state index in [0.29, 0.717) is 11.4 Å². The Morgan fingerprint density at radius 1 is 0.667 bits per heavy atom. The van der Waals surface area contributed by atoms with Crippen LogP contribution in [0.5, 0.6) is 0 Å². The number of hydrogen-bond donors (Lipinski definition) is 2. The minimum absolute atomic E-state index is 0. The Balaban J connectivity index is 0.000000364. The van der Waals surface area contributed by atoms with Gasteiger partial charge in [0.25, 0.3) is 0 Å². The van der Waals surface area contributed by atoms with Gasteiger partial charge < -0.3 is 20.8 Å². The highest BCUT2D eigenvalue weighted by Crippen LogP contribution is 2.08. The van der Waals surface area contributed by atoms with Crippen LogP contribution < -0.4 is 0 Å². The van der Waals surface area contributed by atoms with Gasteiger partial charge in [-0.05, 0) is 9.72 Å². The second kappa shape index (κ2) is 10.4. The molecule has 0 spiro atoms. The smallest absolute Gasteiger partial charge is 0.248 e. The molecule has 2 aromatic rings. The van der Waals surface area contributed by atoms with Crippen LogP contribution in [0.15, 0.2) is 71.2 Å². The molecule has 0 aromatic heterocycles. The second-order valence-corrected chi connectivity index (χ2v) is 3.40. The third kappa shape index (κ3) is 6.54. The van der Waals surface area contributed by atoms with Gasteiger partial charge in [-0.25, -0.2) is 0 Å². The van der Waals surface area contributed by atoms with Crippen molar-refractivity contribution in [1.29, 1.82) is 0 Å². The number of benzene rings is 2. The first-order valence-corrected chi connectivity index (χ1v) is 5.43. The van der Waals surface area contributed by atoms with E-state index in [9.17, 15) is 10.4 Å². The minimum Gasteiger partial charge on any atom is -0.592 e. The molecule has 21 heavy (non-hydrogen) atoms. The van der Waals surface area contributed by atoms with Crippen molar-refractivity contribution in [2.45, 2.75) is 0 Å². The van der Waals surface area contributed by atoms with Gasteiger partial charge in [-0.2, -0.15) is 0 Å². The van der Waals surface area contributed by atoms with Gasteiger partial charge in [0, 0.05) is 47.3 Å². The fourth-order valence-electron chi connectivity index (χ4n) is 1.21. The highest BCUT2D eigenvalue weighted by Gasteiger charge is 1.98. The minimum atomic E-state index is 0. The van der Waals surface area contributed by atoms with Gasteiger partial charge in [0.2, 0.25) is 21.9 Å². The zero-order chi connectivity index (χ0) is 14.8. The van der Waals surface area contributed by atoms with E-state index in [-0.39, 0.29) is 32.8 Å². The molecule has 0 saturated carbocycles. The molecule has 0 unspecified atom stereocenters. The van der Waals surface area contributed by atoms with Gasteiger partial charge in [-0.15, -0.1) is 0 Å². The molecule has 8 nitrogen and oxygen atoms in total. The normalized spacial score (nSPS) is 10.9. The van der Waals surface area contributed by atoms with Gasteiger partial charge in [-0.3, -0.25) is 0 Å². The van der Waals surface area contributed by atoms with E-state index in [0.717, 1.165) is 0 Å². The van der Waals surface area contributed by atoms with Crippen molar-refractivity contribution in [2.75, 3.05) is 0 Å². The Morgan fingerprint density at radius 2 is 0.952 bits per heavy atom. The molecule has 0 atom stereocenters. The highest BCUT2D eigenvalue weighted by atomic mass is 24.3. The third-order valence-electron chi connectivity index (χ3n) is 2.12. The molecular weight excluding hydrogens is 288 g/mol. The van der Waals surface area contributed by atoms with E-state index in [4.69, 9.17) is 10.4 Å². The maximum Gasteiger partial charge on any atom is 0.248 e. The lowest BCUT2D eigenvalue weighted by molar-refractivity contribution is -0.474. The largest absolute Gasteiger partial charge is 0.592 e. The number of hydrogen-bond acceptors (Lipinski definition) is 4. The lowest BCUT2D eigenvalue weighted by Crippen LogP contribution is -1.88. The molecule has 2 radical (unpaired) electrons. The van der Waals surface area contributed by atoms with Gasteiger partial charge in [0.05, 0.1) is 0 Å². The lowest BCUT2D eigenvalue weighted by atomic mass is 10.3. The summed E-state index contributed by atoms with van der Waals surface area (Å²) >= 11 is 0. The molecule has 2 aromatic carbocycles. The van der Waals surface area contributed by atoms with Gasteiger partial charge in [-0.1, -0.05) is 36.4 Å². The summed E-state index contributed by atoms with van der Waals surface area (Å²) in [5, 5.41) is 42.0. The SMILES string of the molecule is [Mg].[O-]/[N+](=N\O)c1ccccc1.[O-]/[N+](=N\O)c1ccccc1. The predicted octanol–water partition coefficient (Wildman–Crippen LogP) is 2.96. The predicted molar refractivity (Wildman–Crippen MR) is 73.6 cm³/mol. The monoisotopic (exact) mass is 300 g/mol. The first-order valence-electron chi connectivity index (χ1n) is 5.43. The first-order chi connectivity index (χ1) is 9.69. The summed E-state index contributed by atoms with van der Waals surface area (Å²) < 4.78 is 0. The number of nitrogens with zero attached hydrogens (tertiary/aromatic N) is 4. The molecule has 0 aliphatic rings. The molecule has 0 heterocycles. The summed E-state index contributed by atoms with van der Waals surface area (Å²) in [5.41, 5.74) is 0.620. The van der Waals surface area contributed by atoms with E-state index >= 15 is 0 Å². The third-order valence-corrected chi connectivity index (χ3v) is 2.12. The Hall–Kier alpha value is -2.39. The van der Waals surface area contributed by atoms with Crippen molar-refractivity contribution in [3.8, 4) is 0 Å². The fraction of sp³-hybridized carbons (Fsp3) is 0. The highest BCUT2D eigenvalue weighted by molar-refractivity contribution is 5.75. The van der Waals surface area contributed by atoms with Crippen molar-refractivity contribution in [1.82, 2.24) is 0 Å². The number of para-hydroxylation sites is 2. The summed E-state index contributed by atoms with van der Waals surface area (Å²) in [7, 11) is 0. The van der Waals surface area contributed by atoms with Crippen LogP contribution in [0.25, 0.3) is 0 Å².